The van der Waals surface area contributed by atoms with E-state index in [0.717, 1.165) is 56.4 Å². The molecule has 5 rings (SSSR count). The molecule has 1 aliphatic carbocycles. The Morgan fingerprint density at radius 1 is 1.03 bits per heavy atom. The first-order valence-corrected chi connectivity index (χ1v) is 11.4. The third-order valence-corrected chi connectivity index (χ3v) is 6.86. The number of ketones is 1. The number of likely N-dealkylation sites (tertiary alicyclic amines) is 1. The van der Waals surface area contributed by atoms with E-state index in [9.17, 15) is 9.59 Å². The van der Waals surface area contributed by atoms with E-state index in [2.05, 4.69) is 34.2 Å². The molecule has 0 amide bonds. The Morgan fingerprint density at radius 3 is 2.68 bits per heavy atom. The predicted molar refractivity (Wildman–Crippen MR) is 124 cm³/mol. The van der Waals surface area contributed by atoms with Crippen molar-refractivity contribution in [3.63, 3.8) is 0 Å². The van der Waals surface area contributed by atoms with E-state index >= 15 is 0 Å². The Labute approximate surface area is 182 Å². The summed E-state index contributed by atoms with van der Waals surface area (Å²) >= 11 is 0. The van der Waals surface area contributed by atoms with Crippen molar-refractivity contribution >= 4 is 22.9 Å². The number of para-hydroxylation sites is 2. The third-order valence-electron chi connectivity index (χ3n) is 6.86. The minimum absolute atomic E-state index is 0.00708. The molecular formula is C26H29N3O2. The van der Waals surface area contributed by atoms with Crippen LogP contribution in [0.1, 0.15) is 42.9 Å². The van der Waals surface area contributed by atoms with Crippen LogP contribution in [0.3, 0.4) is 0 Å². The summed E-state index contributed by atoms with van der Waals surface area (Å²) in [6.45, 7) is 2.90. The highest BCUT2D eigenvalue weighted by Gasteiger charge is 2.24. The van der Waals surface area contributed by atoms with Gasteiger partial charge in [0, 0.05) is 31.5 Å². The van der Waals surface area contributed by atoms with Gasteiger partial charge < -0.3 is 9.88 Å². The number of nitrogens with zero attached hydrogens (tertiary/aromatic N) is 2. The molecule has 160 valence electrons. The number of fused-ring (bicyclic) bond motifs is 2. The molecule has 0 radical (unpaired) electrons. The van der Waals surface area contributed by atoms with Gasteiger partial charge in [0.25, 0.3) is 0 Å². The van der Waals surface area contributed by atoms with Gasteiger partial charge in [-0.15, -0.1) is 0 Å². The SMILES string of the molecule is O=C(CCCN1CCC(n2c(=O)[nH]c3ccccc32)CC1)C1C=Cc2ccccc2C1. The van der Waals surface area contributed by atoms with Gasteiger partial charge in [0.05, 0.1) is 11.0 Å². The van der Waals surface area contributed by atoms with E-state index in [1.54, 1.807) is 0 Å². The summed E-state index contributed by atoms with van der Waals surface area (Å²) < 4.78 is 1.93. The fourth-order valence-corrected chi connectivity index (χ4v) is 5.13. The zero-order valence-corrected chi connectivity index (χ0v) is 17.8. The number of aromatic nitrogens is 2. The lowest BCUT2D eigenvalue weighted by atomic mass is 9.86. The highest BCUT2D eigenvalue weighted by Crippen LogP contribution is 2.26. The number of Topliss-reactive ketones (excluding diaryl/α,β-unsaturated/α-hetero) is 1. The van der Waals surface area contributed by atoms with Gasteiger partial charge in [-0.2, -0.15) is 0 Å². The van der Waals surface area contributed by atoms with Crippen molar-refractivity contribution in [3.8, 4) is 0 Å². The molecule has 1 fully saturated rings. The van der Waals surface area contributed by atoms with Crippen LogP contribution in [0.4, 0.5) is 0 Å². The van der Waals surface area contributed by atoms with Crippen LogP contribution in [-0.4, -0.2) is 39.9 Å². The topological polar surface area (TPSA) is 58.1 Å². The lowest BCUT2D eigenvalue weighted by Gasteiger charge is -2.32. The molecule has 0 spiro atoms. The van der Waals surface area contributed by atoms with Crippen molar-refractivity contribution in [1.29, 1.82) is 0 Å². The maximum Gasteiger partial charge on any atom is 0.326 e. The molecule has 1 unspecified atom stereocenters. The van der Waals surface area contributed by atoms with Crippen LogP contribution in [0.2, 0.25) is 0 Å². The van der Waals surface area contributed by atoms with Crippen molar-refractivity contribution in [1.82, 2.24) is 14.5 Å². The molecule has 1 saturated heterocycles. The summed E-state index contributed by atoms with van der Waals surface area (Å²) in [6, 6.07) is 16.5. The average Bonchev–Trinajstić information content (AvgIpc) is 3.15. The van der Waals surface area contributed by atoms with Gasteiger partial charge in [0.1, 0.15) is 5.78 Å². The van der Waals surface area contributed by atoms with Gasteiger partial charge in [-0.25, -0.2) is 4.79 Å². The van der Waals surface area contributed by atoms with Crippen molar-refractivity contribution in [2.75, 3.05) is 19.6 Å². The van der Waals surface area contributed by atoms with Crippen molar-refractivity contribution < 1.29 is 4.79 Å². The number of aromatic amines is 1. The zero-order valence-electron chi connectivity index (χ0n) is 17.8. The van der Waals surface area contributed by atoms with Crippen LogP contribution < -0.4 is 5.69 Å². The smallest absolute Gasteiger partial charge is 0.306 e. The molecular weight excluding hydrogens is 386 g/mol. The molecule has 1 N–H and O–H groups in total. The molecule has 5 heteroatoms. The Hall–Kier alpha value is -2.92. The number of hydrogen-bond acceptors (Lipinski definition) is 3. The normalized spacial score (nSPS) is 19.5. The second-order valence-electron chi connectivity index (χ2n) is 8.83. The van der Waals surface area contributed by atoms with Gasteiger partial charge in [0.15, 0.2) is 0 Å². The highest BCUT2D eigenvalue weighted by atomic mass is 16.1. The van der Waals surface area contributed by atoms with E-state index in [1.165, 1.54) is 11.1 Å². The monoisotopic (exact) mass is 415 g/mol. The molecule has 1 atom stereocenters. The molecule has 3 aromatic rings. The number of H-pyrrole nitrogens is 1. The summed E-state index contributed by atoms with van der Waals surface area (Å²) in [7, 11) is 0. The summed E-state index contributed by atoms with van der Waals surface area (Å²) in [5, 5.41) is 0. The fourth-order valence-electron chi connectivity index (χ4n) is 5.13. The number of allylic oxidation sites excluding steroid dienone is 1. The largest absolute Gasteiger partial charge is 0.326 e. The molecule has 1 aromatic heterocycles. The Morgan fingerprint density at radius 2 is 1.81 bits per heavy atom. The van der Waals surface area contributed by atoms with Crippen molar-refractivity contribution in [3.05, 3.63) is 76.2 Å². The molecule has 1 aliphatic heterocycles. The van der Waals surface area contributed by atoms with Crippen LogP contribution >= 0.6 is 0 Å². The third kappa shape index (κ3) is 4.15. The Kier molecular flexibility index (Phi) is 5.60. The molecule has 2 heterocycles. The number of benzene rings is 2. The van der Waals surface area contributed by atoms with Crippen LogP contribution in [0, 0.1) is 5.92 Å². The van der Waals surface area contributed by atoms with E-state index in [1.807, 2.05) is 41.0 Å². The minimum atomic E-state index is -0.00708. The van der Waals surface area contributed by atoms with E-state index in [0.29, 0.717) is 12.2 Å². The quantitative estimate of drug-likeness (QED) is 0.656. The Balaban J connectivity index is 1.11. The standard InChI is InChI=1S/C26H29N3O2/c30-25(21-12-11-19-6-1-2-7-20(19)18-21)10-5-15-28-16-13-22(14-17-28)29-24-9-4-3-8-23(24)27-26(29)31/h1-4,6-9,11-12,21-22H,5,10,13-18H2,(H,27,31). The predicted octanol–water partition coefficient (Wildman–Crippen LogP) is 4.20. The van der Waals surface area contributed by atoms with Gasteiger partial charge in [-0.05, 0) is 55.5 Å². The molecule has 31 heavy (non-hydrogen) atoms. The number of rotatable bonds is 6. The number of carbonyl (C=O) groups is 1. The van der Waals surface area contributed by atoms with Gasteiger partial charge in [-0.3, -0.25) is 9.36 Å². The minimum Gasteiger partial charge on any atom is -0.306 e. The molecule has 0 saturated carbocycles. The Bertz CT molecular complexity index is 1160. The lowest BCUT2D eigenvalue weighted by molar-refractivity contribution is -0.121. The summed E-state index contributed by atoms with van der Waals surface area (Å²) in [5.41, 5.74) is 4.42. The molecule has 2 aliphatic rings. The fraction of sp³-hybridized carbons (Fsp3) is 0.385. The maximum absolute atomic E-state index is 12.7. The number of carbonyl (C=O) groups excluding carboxylic acids is 1. The van der Waals surface area contributed by atoms with Crippen LogP contribution in [0.5, 0.6) is 0 Å². The summed E-state index contributed by atoms with van der Waals surface area (Å²) in [5.74, 6) is 0.375. The molecule has 5 nitrogen and oxygen atoms in total. The van der Waals surface area contributed by atoms with Crippen molar-refractivity contribution in [2.24, 2.45) is 5.92 Å². The average molecular weight is 416 g/mol. The van der Waals surface area contributed by atoms with E-state index < -0.39 is 0 Å². The van der Waals surface area contributed by atoms with Crippen LogP contribution in [-0.2, 0) is 11.2 Å². The van der Waals surface area contributed by atoms with E-state index in [-0.39, 0.29) is 17.6 Å². The first-order chi connectivity index (χ1) is 15.2. The second-order valence-corrected chi connectivity index (χ2v) is 8.83. The lowest BCUT2D eigenvalue weighted by Crippen LogP contribution is -2.37. The first kappa shape index (κ1) is 20.0. The molecule has 0 bridgehead atoms. The number of nitrogens with one attached hydrogen (secondary N) is 1. The second kappa shape index (κ2) is 8.67. The summed E-state index contributed by atoms with van der Waals surface area (Å²) in [4.78, 5) is 30.6. The van der Waals surface area contributed by atoms with Gasteiger partial charge in [-0.1, -0.05) is 48.6 Å². The number of imidazole rings is 1. The molecule has 2 aromatic carbocycles. The highest BCUT2D eigenvalue weighted by molar-refractivity contribution is 5.85. The first-order valence-electron chi connectivity index (χ1n) is 11.4. The maximum atomic E-state index is 12.7. The van der Waals surface area contributed by atoms with E-state index in [4.69, 9.17) is 0 Å². The van der Waals surface area contributed by atoms with Crippen molar-refractivity contribution in [2.45, 2.75) is 38.1 Å². The zero-order chi connectivity index (χ0) is 21.2. The van der Waals surface area contributed by atoms with Gasteiger partial charge in [0.2, 0.25) is 0 Å². The number of hydrogen-bond donors (Lipinski definition) is 1. The van der Waals surface area contributed by atoms with Gasteiger partial charge >= 0.3 is 5.69 Å². The van der Waals surface area contributed by atoms with Crippen LogP contribution in [0.15, 0.2) is 59.4 Å². The number of piperidine rings is 1. The van der Waals surface area contributed by atoms with Crippen LogP contribution in [0.25, 0.3) is 17.1 Å². The summed E-state index contributed by atoms with van der Waals surface area (Å²) in [6.07, 6.45) is 8.49.